The van der Waals surface area contributed by atoms with E-state index < -0.39 is 21.4 Å². The maximum atomic E-state index is 12.5. The standard InChI is InChI=1S/C20H22F3N3O3S3/c1-11-17(12-6-8-26(11)9-7-12)15-10-16(31-18(15)19(24)27)30-14-4-2-13(3-5-14)25-32(28,29)20(21,22)23/h2-5,10-12,17,25H,6-9H2,1H3,(H2,24,27)/t11-,17+/m0/s1. The molecule has 3 saturated heterocycles. The molecule has 0 unspecified atom stereocenters. The Bertz CT molecular complexity index is 1110. The van der Waals surface area contributed by atoms with Gasteiger partial charge in [-0.3, -0.25) is 9.52 Å². The zero-order valence-electron chi connectivity index (χ0n) is 17.1. The topological polar surface area (TPSA) is 92.5 Å². The van der Waals surface area contributed by atoms with E-state index in [1.807, 2.05) is 6.07 Å². The average molecular weight is 506 g/mol. The summed E-state index contributed by atoms with van der Waals surface area (Å²) in [5.74, 6) is 0.295. The minimum Gasteiger partial charge on any atom is -0.365 e. The van der Waals surface area contributed by atoms with Crippen LogP contribution in [0.25, 0.3) is 0 Å². The van der Waals surface area contributed by atoms with Crippen LogP contribution < -0.4 is 10.5 Å². The largest absolute Gasteiger partial charge is 0.516 e. The van der Waals surface area contributed by atoms with Crippen LogP contribution in [0.5, 0.6) is 0 Å². The van der Waals surface area contributed by atoms with Crippen molar-refractivity contribution in [3.8, 4) is 0 Å². The number of alkyl halides is 3. The first kappa shape index (κ1) is 23.4. The lowest BCUT2D eigenvalue weighted by Gasteiger charge is -2.50. The van der Waals surface area contributed by atoms with Crippen molar-refractivity contribution in [2.75, 3.05) is 17.8 Å². The van der Waals surface area contributed by atoms with Crippen molar-refractivity contribution in [2.24, 2.45) is 11.7 Å². The van der Waals surface area contributed by atoms with Gasteiger partial charge < -0.3 is 10.6 Å². The highest BCUT2D eigenvalue weighted by atomic mass is 32.2. The Balaban J connectivity index is 1.54. The maximum absolute atomic E-state index is 12.5. The quantitative estimate of drug-likeness (QED) is 0.605. The van der Waals surface area contributed by atoms with Crippen molar-refractivity contribution in [2.45, 2.75) is 46.3 Å². The molecule has 1 aromatic carbocycles. The summed E-state index contributed by atoms with van der Waals surface area (Å²) in [6.07, 6.45) is 2.20. The normalized spacial score (nSPS) is 25.6. The van der Waals surface area contributed by atoms with E-state index in [1.54, 1.807) is 0 Å². The summed E-state index contributed by atoms with van der Waals surface area (Å²) in [7, 11) is -5.47. The fourth-order valence-corrected chi connectivity index (χ4v) is 7.37. The van der Waals surface area contributed by atoms with Gasteiger partial charge >= 0.3 is 15.5 Å². The number of benzene rings is 1. The number of halogens is 3. The molecule has 3 aliphatic rings. The van der Waals surface area contributed by atoms with Crippen LogP contribution in [0.3, 0.4) is 0 Å². The Morgan fingerprint density at radius 1 is 1.22 bits per heavy atom. The second-order valence-electron chi connectivity index (χ2n) is 8.03. The van der Waals surface area contributed by atoms with Crippen LogP contribution in [0.2, 0.25) is 0 Å². The van der Waals surface area contributed by atoms with Gasteiger partial charge in [-0.25, -0.2) is 0 Å². The van der Waals surface area contributed by atoms with Crippen LogP contribution in [0.1, 0.15) is 40.9 Å². The van der Waals surface area contributed by atoms with Gasteiger partial charge in [0.25, 0.3) is 5.91 Å². The second kappa shape index (κ2) is 8.54. The molecule has 0 spiro atoms. The SMILES string of the molecule is C[C@H]1[C@@H](c2cc(Sc3ccc(NS(=O)(=O)C(F)(F)F)cc3)sc2C(N)=O)C2CCN1CC2. The summed E-state index contributed by atoms with van der Waals surface area (Å²) >= 11 is 2.67. The van der Waals surface area contributed by atoms with Crippen molar-refractivity contribution >= 4 is 44.7 Å². The summed E-state index contributed by atoms with van der Waals surface area (Å²) in [5, 5.41) is 0. The third kappa shape index (κ3) is 4.50. The number of carbonyl (C=O) groups excluding carboxylic acids is 1. The lowest BCUT2D eigenvalue weighted by atomic mass is 9.71. The Labute approximate surface area is 192 Å². The Morgan fingerprint density at radius 2 is 1.84 bits per heavy atom. The first-order valence-corrected chi connectivity index (χ1v) is 13.1. The number of amides is 1. The van der Waals surface area contributed by atoms with E-state index in [1.165, 1.54) is 52.1 Å². The minimum absolute atomic E-state index is 0.183. The van der Waals surface area contributed by atoms with Gasteiger partial charge in [-0.2, -0.15) is 21.6 Å². The van der Waals surface area contributed by atoms with Crippen molar-refractivity contribution in [3.63, 3.8) is 0 Å². The Morgan fingerprint density at radius 3 is 2.38 bits per heavy atom. The molecule has 0 saturated carbocycles. The first-order chi connectivity index (χ1) is 15.0. The molecule has 5 rings (SSSR count). The molecule has 1 aromatic heterocycles. The molecule has 6 nitrogen and oxygen atoms in total. The predicted octanol–water partition coefficient (Wildman–Crippen LogP) is 4.46. The number of primary amides is 1. The summed E-state index contributed by atoms with van der Waals surface area (Å²) in [6, 6.07) is 7.92. The maximum Gasteiger partial charge on any atom is 0.516 e. The number of anilines is 1. The molecule has 2 aromatic rings. The van der Waals surface area contributed by atoms with Crippen LogP contribution in [0, 0.1) is 5.92 Å². The van der Waals surface area contributed by atoms with Gasteiger partial charge in [0, 0.05) is 22.5 Å². The first-order valence-electron chi connectivity index (χ1n) is 10.0. The van der Waals surface area contributed by atoms with E-state index in [4.69, 9.17) is 5.73 Å². The lowest BCUT2D eigenvalue weighted by Crippen LogP contribution is -2.52. The van der Waals surface area contributed by atoms with Gasteiger partial charge in [0.15, 0.2) is 0 Å². The number of hydrogen-bond donors (Lipinski definition) is 2. The minimum atomic E-state index is -5.47. The summed E-state index contributed by atoms with van der Waals surface area (Å²) in [5.41, 5.74) is 1.08. The van der Waals surface area contributed by atoms with Crippen LogP contribution in [-0.4, -0.2) is 43.9 Å². The molecule has 1 amide bonds. The molecule has 12 heteroatoms. The summed E-state index contributed by atoms with van der Waals surface area (Å²) in [4.78, 5) is 15.8. The monoisotopic (exact) mass is 505 g/mol. The fraction of sp³-hybridized carbons (Fsp3) is 0.450. The van der Waals surface area contributed by atoms with Crippen molar-refractivity contribution < 1.29 is 26.4 Å². The van der Waals surface area contributed by atoms with E-state index in [-0.39, 0.29) is 11.6 Å². The number of hydrogen-bond acceptors (Lipinski definition) is 6. The predicted molar refractivity (Wildman–Crippen MR) is 118 cm³/mol. The van der Waals surface area contributed by atoms with Crippen LogP contribution in [-0.2, 0) is 10.0 Å². The number of rotatable bonds is 6. The molecular weight excluding hydrogens is 483 g/mol. The van der Waals surface area contributed by atoms with E-state index in [0.29, 0.717) is 21.7 Å². The number of nitrogens with zero attached hydrogens (tertiary/aromatic N) is 1. The molecular formula is C20H22F3N3O3S3. The highest BCUT2D eigenvalue weighted by Gasteiger charge is 2.46. The lowest BCUT2D eigenvalue weighted by molar-refractivity contribution is -0.0429. The van der Waals surface area contributed by atoms with Crippen LogP contribution in [0.4, 0.5) is 18.9 Å². The number of thiophene rings is 1. The second-order valence-corrected chi connectivity index (χ2v) is 12.1. The Kier molecular flexibility index (Phi) is 6.25. The summed E-state index contributed by atoms with van der Waals surface area (Å²) in [6.45, 7) is 4.33. The molecule has 2 bridgehead atoms. The molecule has 0 aliphatic carbocycles. The molecule has 32 heavy (non-hydrogen) atoms. The highest BCUT2D eigenvalue weighted by molar-refractivity contribution is 8.01. The molecule has 3 aliphatic heterocycles. The number of piperidine rings is 3. The smallest absolute Gasteiger partial charge is 0.365 e. The number of fused-ring (bicyclic) bond motifs is 3. The number of nitrogens with two attached hydrogens (primary N) is 1. The van der Waals surface area contributed by atoms with Gasteiger partial charge in [0.1, 0.15) is 0 Å². The third-order valence-electron chi connectivity index (χ3n) is 6.13. The van der Waals surface area contributed by atoms with E-state index in [2.05, 4.69) is 11.8 Å². The zero-order valence-corrected chi connectivity index (χ0v) is 19.5. The molecule has 3 N–H and O–H groups in total. The summed E-state index contributed by atoms with van der Waals surface area (Å²) < 4.78 is 62.5. The average Bonchev–Trinajstić information content (AvgIpc) is 3.13. The van der Waals surface area contributed by atoms with Crippen molar-refractivity contribution in [1.82, 2.24) is 4.90 Å². The van der Waals surface area contributed by atoms with Crippen LogP contribution in [0.15, 0.2) is 39.4 Å². The molecule has 3 fully saturated rings. The molecule has 4 heterocycles. The van der Waals surface area contributed by atoms with Crippen LogP contribution >= 0.6 is 23.1 Å². The number of carbonyl (C=O) groups is 1. The van der Waals surface area contributed by atoms with Crippen molar-refractivity contribution in [1.29, 1.82) is 0 Å². The molecule has 2 atom stereocenters. The van der Waals surface area contributed by atoms with Crippen molar-refractivity contribution in [3.05, 3.63) is 40.8 Å². The van der Waals surface area contributed by atoms with E-state index >= 15 is 0 Å². The number of nitrogens with one attached hydrogen (secondary N) is 1. The van der Waals surface area contributed by atoms with Gasteiger partial charge in [-0.1, -0.05) is 11.8 Å². The van der Waals surface area contributed by atoms with Gasteiger partial charge in [0.05, 0.1) is 9.09 Å². The van der Waals surface area contributed by atoms with Gasteiger partial charge in [-0.15, -0.1) is 11.3 Å². The highest BCUT2D eigenvalue weighted by Crippen LogP contribution is 2.47. The van der Waals surface area contributed by atoms with E-state index in [0.717, 1.165) is 35.7 Å². The van der Waals surface area contributed by atoms with Gasteiger partial charge in [-0.05, 0) is 74.7 Å². The number of sulfonamides is 1. The van der Waals surface area contributed by atoms with E-state index in [9.17, 15) is 26.4 Å². The fourth-order valence-electron chi connectivity index (χ4n) is 4.61. The third-order valence-corrected chi connectivity index (χ3v) is 9.53. The van der Waals surface area contributed by atoms with Gasteiger partial charge in [0.2, 0.25) is 0 Å². The molecule has 174 valence electrons. The molecule has 0 radical (unpaired) electrons. The Hall–Kier alpha value is -1.76. The zero-order chi connectivity index (χ0) is 23.3.